The van der Waals surface area contributed by atoms with Gasteiger partial charge >= 0.3 is 0 Å². The van der Waals surface area contributed by atoms with E-state index in [0.717, 1.165) is 11.8 Å². The summed E-state index contributed by atoms with van der Waals surface area (Å²) >= 11 is 0. The lowest BCUT2D eigenvalue weighted by Gasteiger charge is -2.06. The first kappa shape index (κ1) is 15.5. The highest BCUT2D eigenvalue weighted by Gasteiger charge is 2.04. The lowest BCUT2D eigenvalue weighted by Crippen LogP contribution is -2.28. The molecule has 1 aromatic carbocycles. The number of amides is 1. The highest BCUT2D eigenvalue weighted by Crippen LogP contribution is 2.11. The largest absolute Gasteiger partial charge is 0.383 e. The van der Waals surface area contributed by atoms with Crippen molar-refractivity contribution in [1.82, 2.24) is 5.32 Å². The van der Waals surface area contributed by atoms with Crippen molar-refractivity contribution < 1.29 is 17.9 Å². The fourth-order valence-electron chi connectivity index (χ4n) is 1.45. The summed E-state index contributed by atoms with van der Waals surface area (Å²) in [6.07, 6.45) is 1.34. The van der Waals surface area contributed by atoms with E-state index < -0.39 is 10.0 Å². The number of rotatable bonds is 7. The summed E-state index contributed by atoms with van der Waals surface area (Å²) in [4.78, 5) is 11.5. The summed E-state index contributed by atoms with van der Waals surface area (Å²) in [7, 11) is -1.70. The zero-order valence-electron chi connectivity index (χ0n) is 11.0. The van der Waals surface area contributed by atoms with E-state index in [1.54, 1.807) is 31.4 Å². The van der Waals surface area contributed by atoms with Gasteiger partial charge in [-0.3, -0.25) is 9.52 Å². The van der Waals surface area contributed by atoms with E-state index in [1.807, 2.05) is 0 Å². The molecule has 0 radical (unpaired) electrons. The molecule has 0 aromatic heterocycles. The predicted molar refractivity (Wildman–Crippen MR) is 73.5 cm³/mol. The molecule has 106 valence electrons. The van der Waals surface area contributed by atoms with Gasteiger partial charge in [-0.25, -0.2) is 8.42 Å². The molecule has 1 amide bonds. The molecule has 0 heterocycles. The number of ether oxygens (including phenoxy) is 1. The maximum Gasteiger partial charge on any atom is 0.229 e. The minimum absolute atomic E-state index is 0.0964. The van der Waals surface area contributed by atoms with Crippen LogP contribution in [-0.2, 0) is 26.0 Å². The van der Waals surface area contributed by atoms with Crippen molar-refractivity contribution in [2.75, 3.05) is 31.2 Å². The average molecular weight is 286 g/mol. The van der Waals surface area contributed by atoms with Gasteiger partial charge in [-0.15, -0.1) is 0 Å². The molecule has 7 heteroatoms. The third kappa shape index (κ3) is 6.78. The second-order valence-corrected chi connectivity index (χ2v) is 5.84. The number of sulfonamides is 1. The average Bonchev–Trinajstić information content (AvgIpc) is 2.30. The van der Waals surface area contributed by atoms with Crippen LogP contribution in [0.15, 0.2) is 24.3 Å². The van der Waals surface area contributed by atoms with Crippen LogP contribution in [0.3, 0.4) is 0 Å². The number of hydrogen-bond donors (Lipinski definition) is 2. The zero-order chi connectivity index (χ0) is 14.3. The first-order chi connectivity index (χ1) is 8.90. The highest BCUT2D eigenvalue weighted by molar-refractivity contribution is 7.92. The molecule has 6 nitrogen and oxygen atoms in total. The van der Waals surface area contributed by atoms with Crippen molar-refractivity contribution in [3.8, 4) is 0 Å². The SMILES string of the molecule is COCCNC(=O)Cc1ccc(NS(C)(=O)=O)cc1. The molecule has 2 N–H and O–H groups in total. The lowest BCUT2D eigenvalue weighted by molar-refractivity contribution is -0.120. The molecule has 0 aliphatic carbocycles. The summed E-state index contributed by atoms with van der Waals surface area (Å²) in [6, 6.07) is 6.67. The maximum atomic E-state index is 11.5. The molecule has 0 aliphatic rings. The summed E-state index contributed by atoms with van der Waals surface area (Å²) in [5, 5.41) is 2.71. The first-order valence-electron chi connectivity index (χ1n) is 5.73. The number of carbonyl (C=O) groups is 1. The molecule has 0 aliphatic heterocycles. The molecule has 0 spiro atoms. The summed E-state index contributed by atoms with van der Waals surface area (Å²) in [5.74, 6) is -0.0964. The monoisotopic (exact) mass is 286 g/mol. The van der Waals surface area contributed by atoms with Crippen LogP contribution in [0.1, 0.15) is 5.56 Å². The second kappa shape index (κ2) is 7.10. The van der Waals surface area contributed by atoms with Gasteiger partial charge in [0, 0.05) is 19.3 Å². The van der Waals surface area contributed by atoms with E-state index in [-0.39, 0.29) is 12.3 Å². The van der Waals surface area contributed by atoms with Crippen LogP contribution >= 0.6 is 0 Å². The maximum absolute atomic E-state index is 11.5. The molecule has 1 aromatic rings. The molecule has 19 heavy (non-hydrogen) atoms. The van der Waals surface area contributed by atoms with Crippen LogP contribution in [0.25, 0.3) is 0 Å². The van der Waals surface area contributed by atoms with Crippen LogP contribution in [0.2, 0.25) is 0 Å². The predicted octanol–water partition coefficient (Wildman–Crippen LogP) is 0.363. The number of methoxy groups -OCH3 is 1. The Morgan fingerprint density at radius 2 is 1.89 bits per heavy atom. The van der Waals surface area contributed by atoms with E-state index in [2.05, 4.69) is 10.0 Å². The fourth-order valence-corrected chi connectivity index (χ4v) is 2.01. The number of benzene rings is 1. The molecule has 0 atom stereocenters. The van der Waals surface area contributed by atoms with Crippen LogP contribution in [0.4, 0.5) is 5.69 Å². The van der Waals surface area contributed by atoms with E-state index in [9.17, 15) is 13.2 Å². The van der Waals surface area contributed by atoms with Gasteiger partial charge in [0.1, 0.15) is 0 Å². The van der Waals surface area contributed by atoms with Gasteiger partial charge in [-0.2, -0.15) is 0 Å². The van der Waals surface area contributed by atoms with E-state index >= 15 is 0 Å². The van der Waals surface area contributed by atoms with Crippen LogP contribution < -0.4 is 10.0 Å². The van der Waals surface area contributed by atoms with E-state index in [4.69, 9.17) is 4.74 Å². The zero-order valence-corrected chi connectivity index (χ0v) is 11.8. The molecule has 0 saturated carbocycles. The van der Waals surface area contributed by atoms with Gasteiger partial charge in [-0.1, -0.05) is 12.1 Å². The Bertz CT molecular complexity index is 511. The summed E-state index contributed by atoms with van der Waals surface area (Å²) in [5.41, 5.74) is 1.29. The number of nitrogens with one attached hydrogen (secondary N) is 2. The van der Waals surface area contributed by atoms with Crippen LogP contribution in [0.5, 0.6) is 0 Å². The molecule has 0 bridgehead atoms. The van der Waals surface area contributed by atoms with Crippen molar-refractivity contribution in [3.05, 3.63) is 29.8 Å². The topological polar surface area (TPSA) is 84.5 Å². The normalized spacial score (nSPS) is 11.1. The number of carbonyl (C=O) groups excluding carboxylic acids is 1. The molecule has 1 rings (SSSR count). The lowest BCUT2D eigenvalue weighted by atomic mass is 10.1. The Kier molecular flexibility index (Phi) is 5.78. The van der Waals surface area contributed by atoms with Crippen molar-refractivity contribution in [1.29, 1.82) is 0 Å². The Morgan fingerprint density at radius 1 is 1.26 bits per heavy atom. The van der Waals surface area contributed by atoms with Crippen molar-refractivity contribution >= 4 is 21.6 Å². The van der Waals surface area contributed by atoms with Crippen LogP contribution in [-0.4, -0.2) is 40.8 Å². The molecular formula is C12H18N2O4S. The smallest absolute Gasteiger partial charge is 0.229 e. The van der Waals surface area contributed by atoms with E-state index in [0.29, 0.717) is 18.8 Å². The standard InChI is InChI=1S/C12H18N2O4S/c1-18-8-7-13-12(15)9-10-3-5-11(6-4-10)14-19(2,16)17/h3-6,14H,7-9H2,1-2H3,(H,13,15). The van der Waals surface area contributed by atoms with Gasteiger partial charge in [0.25, 0.3) is 0 Å². The van der Waals surface area contributed by atoms with Crippen molar-refractivity contribution in [2.45, 2.75) is 6.42 Å². The summed E-state index contributed by atoms with van der Waals surface area (Å²) < 4.78 is 29.2. The third-order valence-corrected chi connectivity index (χ3v) is 2.86. The van der Waals surface area contributed by atoms with Gasteiger partial charge in [0.05, 0.1) is 19.3 Å². The van der Waals surface area contributed by atoms with Crippen molar-refractivity contribution in [2.24, 2.45) is 0 Å². The minimum Gasteiger partial charge on any atom is -0.383 e. The molecule has 0 unspecified atom stereocenters. The van der Waals surface area contributed by atoms with Gasteiger partial charge in [0.15, 0.2) is 0 Å². The minimum atomic E-state index is -3.27. The molecular weight excluding hydrogens is 268 g/mol. The molecule has 0 saturated heterocycles. The quantitative estimate of drug-likeness (QED) is 0.709. The van der Waals surface area contributed by atoms with Crippen LogP contribution in [0, 0.1) is 0 Å². The highest BCUT2D eigenvalue weighted by atomic mass is 32.2. The first-order valence-corrected chi connectivity index (χ1v) is 7.62. The second-order valence-electron chi connectivity index (χ2n) is 4.09. The number of hydrogen-bond acceptors (Lipinski definition) is 4. The fraction of sp³-hybridized carbons (Fsp3) is 0.417. The van der Waals surface area contributed by atoms with Crippen molar-refractivity contribution in [3.63, 3.8) is 0 Å². The summed E-state index contributed by atoms with van der Waals surface area (Å²) in [6.45, 7) is 0.950. The third-order valence-electron chi connectivity index (χ3n) is 2.25. The number of anilines is 1. The molecule has 0 fully saturated rings. The Labute approximate surface area is 113 Å². The Morgan fingerprint density at radius 3 is 2.42 bits per heavy atom. The Balaban J connectivity index is 2.50. The van der Waals surface area contributed by atoms with Gasteiger partial charge < -0.3 is 10.1 Å². The van der Waals surface area contributed by atoms with Gasteiger partial charge in [-0.05, 0) is 17.7 Å². The van der Waals surface area contributed by atoms with E-state index in [1.165, 1.54) is 0 Å². The van der Waals surface area contributed by atoms with Gasteiger partial charge in [0.2, 0.25) is 15.9 Å². The Hall–Kier alpha value is -1.60.